The first-order chi connectivity index (χ1) is 13.5. The minimum atomic E-state index is -1.06. The van der Waals surface area contributed by atoms with E-state index >= 15 is 0 Å². The van der Waals surface area contributed by atoms with Crippen molar-refractivity contribution in [2.45, 2.75) is 13.8 Å². The van der Waals surface area contributed by atoms with Gasteiger partial charge in [0.1, 0.15) is 0 Å². The number of carboxylic acid groups (broad SMARTS) is 1. The topological polar surface area (TPSA) is 74.5 Å². The highest BCUT2D eigenvalue weighted by atomic mass is 16.4. The van der Waals surface area contributed by atoms with Crippen LogP contribution < -0.4 is 9.80 Å². The molecule has 4 rings (SSSR count). The van der Waals surface area contributed by atoms with Crippen molar-refractivity contribution in [1.82, 2.24) is 15.0 Å². The van der Waals surface area contributed by atoms with Crippen molar-refractivity contribution < 1.29 is 9.90 Å². The third-order valence-electron chi connectivity index (χ3n) is 5.07. The molecule has 0 amide bonds. The molecule has 0 radical (unpaired) electrons. The maximum atomic E-state index is 11.8. The Balaban J connectivity index is 1.59. The Morgan fingerprint density at radius 2 is 1.61 bits per heavy atom. The van der Waals surface area contributed by atoms with Crippen molar-refractivity contribution >= 4 is 17.5 Å². The molecule has 0 saturated carbocycles. The molecule has 2 heterocycles. The molecule has 7 heteroatoms. The number of carbonyl (C=O) groups is 1. The summed E-state index contributed by atoms with van der Waals surface area (Å²) < 4.78 is 0. The van der Waals surface area contributed by atoms with Crippen LogP contribution in [0.15, 0.2) is 48.5 Å². The lowest BCUT2D eigenvalue weighted by atomic mass is 10.1. The molecule has 0 bridgehead atoms. The average molecular weight is 377 g/mol. The summed E-state index contributed by atoms with van der Waals surface area (Å²) in [6, 6.07) is 16.2. The van der Waals surface area contributed by atoms with Crippen LogP contribution in [0.1, 0.15) is 21.6 Å². The van der Waals surface area contributed by atoms with Crippen molar-refractivity contribution in [3.63, 3.8) is 0 Å². The van der Waals surface area contributed by atoms with E-state index in [-0.39, 0.29) is 5.69 Å². The van der Waals surface area contributed by atoms with Crippen LogP contribution in [0.4, 0.5) is 11.5 Å². The number of piperazine rings is 1. The zero-order chi connectivity index (χ0) is 19.7. The zero-order valence-corrected chi connectivity index (χ0v) is 16.0. The fourth-order valence-electron chi connectivity index (χ4n) is 3.60. The van der Waals surface area contributed by atoms with Crippen LogP contribution in [0.2, 0.25) is 0 Å². The molecule has 0 aliphatic carbocycles. The molecule has 3 aromatic rings. The fourth-order valence-corrected chi connectivity index (χ4v) is 3.60. The summed E-state index contributed by atoms with van der Waals surface area (Å²) in [7, 11) is 0. The Bertz CT molecular complexity index is 991. The number of benzene rings is 2. The van der Waals surface area contributed by atoms with E-state index in [9.17, 15) is 9.90 Å². The standard InChI is InChI=1S/C21H23N5O2/c1-15-8-9-18(16(2)14-15)26-22-19(21(27)28)20(23-26)25-12-10-24(11-13-25)17-6-4-3-5-7-17/h3-9,14H,10-13H2,1-2H3,(H,27,28). The molecular weight excluding hydrogens is 354 g/mol. The second kappa shape index (κ2) is 7.34. The highest BCUT2D eigenvalue weighted by Crippen LogP contribution is 2.23. The number of aromatic carboxylic acids is 1. The van der Waals surface area contributed by atoms with Gasteiger partial charge < -0.3 is 14.9 Å². The molecule has 1 fully saturated rings. The van der Waals surface area contributed by atoms with Crippen LogP contribution in [-0.4, -0.2) is 52.2 Å². The lowest BCUT2D eigenvalue weighted by molar-refractivity contribution is 0.0690. The molecular formula is C21H23N5O2. The van der Waals surface area contributed by atoms with Crippen molar-refractivity contribution in [3.05, 3.63) is 65.4 Å². The third kappa shape index (κ3) is 3.43. The predicted octanol–water partition coefficient (Wildman–Crippen LogP) is 2.91. The van der Waals surface area contributed by atoms with E-state index < -0.39 is 5.97 Å². The van der Waals surface area contributed by atoms with Crippen LogP contribution in [0.5, 0.6) is 0 Å². The molecule has 1 saturated heterocycles. The quantitative estimate of drug-likeness (QED) is 0.754. The SMILES string of the molecule is Cc1ccc(-n2nc(C(=O)O)c(N3CCN(c4ccccc4)CC3)n2)c(C)c1. The number of aryl methyl sites for hydroxylation is 2. The molecule has 2 aromatic carbocycles. The van der Waals surface area contributed by atoms with Crippen LogP contribution >= 0.6 is 0 Å². The summed E-state index contributed by atoms with van der Waals surface area (Å²) in [5.41, 5.74) is 4.12. The van der Waals surface area contributed by atoms with Gasteiger partial charge in [-0.05, 0) is 37.6 Å². The predicted molar refractivity (Wildman–Crippen MR) is 109 cm³/mol. The van der Waals surface area contributed by atoms with E-state index in [2.05, 4.69) is 27.2 Å². The van der Waals surface area contributed by atoms with E-state index in [1.165, 1.54) is 10.5 Å². The number of anilines is 2. The smallest absolute Gasteiger partial charge is 0.360 e. The van der Waals surface area contributed by atoms with Gasteiger partial charge in [-0.3, -0.25) is 0 Å². The van der Waals surface area contributed by atoms with E-state index in [1.807, 2.05) is 55.1 Å². The first kappa shape index (κ1) is 18.0. The van der Waals surface area contributed by atoms with Gasteiger partial charge in [0, 0.05) is 31.9 Å². The number of para-hydroxylation sites is 1. The lowest BCUT2D eigenvalue weighted by Crippen LogP contribution is -2.47. The number of hydrogen-bond acceptors (Lipinski definition) is 5. The number of hydrogen-bond donors (Lipinski definition) is 1. The summed E-state index contributed by atoms with van der Waals surface area (Å²) in [4.78, 5) is 17.5. The summed E-state index contributed by atoms with van der Waals surface area (Å²) in [5, 5.41) is 18.5. The van der Waals surface area contributed by atoms with Gasteiger partial charge in [0.05, 0.1) is 5.69 Å². The van der Waals surface area contributed by atoms with E-state index in [0.29, 0.717) is 18.9 Å². The molecule has 1 N–H and O–H groups in total. The summed E-state index contributed by atoms with van der Waals surface area (Å²) in [5.74, 6) is -0.628. The summed E-state index contributed by atoms with van der Waals surface area (Å²) in [6.07, 6.45) is 0. The van der Waals surface area contributed by atoms with E-state index in [0.717, 1.165) is 29.9 Å². The van der Waals surface area contributed by atoms with Gasteiger partial charge in [-0.2, -0.15) is 0 Å². The Morgan fingerprint density at radius 3 is 2.25 bits per heavy atom. The van der Waals surface area contributed by atoms with Gasteiger partial charge in [-0.15, -0.1) is 15.0 Å². The van der Waals surface area contributed by atoms with Crippen LogP contribution in [-0.2, 0) is 0 Å². The zero-order valence-electron chi connectivity index (χ0n) is 16.0. The highest BCUT2D eigenvalue weighted by molar-refractivity contribution is 5.91. The van der Waals surface area contributed by atoms with Gasteiger partial charge in [0.25, 0.3) is 0 Å². The second-order valence-corrected chi connectivity index (χ2v) is 7.07. The van der Waals surface area contributed by atoms with Crippen LogP contribution in [0.3, 0.4) is 0 Å². The normalized spacial score (nSPS) is 14.4. The molecule has 144 valence electrons. The Morgan fingerprint density at radius 1 is 0.929 bits per heavy atom. The average Bonchev–Trinajstić information content (AvgIpc) is 3.14. The fraction of sp³-hybridized carbons (Fsp3) is 0.286. The lowest BCUT2D eigenvalue weighted by Gasteiger charge is -2.36. The van der Waals surface area contributed by atoms with Crippen molar-refractivity contribution in [2.24, 2.45) is 0 Å². The molecule has 1 aliphatic rings. The minimum absolute atomic E-state index is 0.00636. The maximum absolute atomic E-state index is 11.8. The molecule has 0 spiro atoms. The molecule has 1 aliphatic heterocycles. The number of aromatic nitrogens is 3. The number of carboxylic acids is 1. The highest BCUT2D eigenvalue weighted by Gasteiger charge is 2.27. The van der Waals surface area contributed by atoms with Crippen molar-refractivity contribution in [3.8, 4) is 5.69 Å². The van der Waals surface area contributed by atoms with Crippen LogP contribution in [0, 0.1) is 13.8 Å². The first-order valence-electron chi connectivity index (χ1n) is 9.36. The summed E-state index contributed by atoms with van der Waals surface area (Å²) in [6.45, 7) is 7.00. The van der Waals surface area contributed by atoms with Crippen molar-refractivity contribution in [2.75, 3.05) is 36.0 Å². The van der Waals surface area contributed by atoms with Gasteiger partial charge in [-0.1, -0.05) is 35.9 Å². The van der Waals surface area contributed by atoms with Gasteiger partial charge in [0.2, 0.25) is 5.69 Å². The largest absolute Gasteiger partial charge is 0.476 e. The van der Waals surface area contributed by atoms with Crippen molar-refractivity contribution in [1.29, 1.82) is 0 Å². The second-order valence-electron chi connectivity index (χ2n) is 7.07. The monoisotopic (exact) mass is 377 g/mol. The Kier molecular flexibility index (Phi) is 4.73. The molecule has 0 unspecified atom stereocenters. The molecule has 1 aromatic heterocycles. The summed E-state index contributed by atoms with van der Waals surface area (Å²) >= 11 is 0. The van der Waals surface area contributed by atoms with E-state index in [1.54, 1.807) is 0 Å². The van der Waals surface area contributed by atoms with Gasteiger partial charge in [0.15, 0.2) is 5.82 Å². The first-order valence-corrected chi connectivity index (χ1v) is 9.36. The molecule has 0 atom stereocenters. The van der Waals surface area contributed by atoms with Gasteiger partial charge >= 0.3 is 5.97 Å². The Hall–Kier alpha value is -3.35. The molecule has 28 heavy (non-hydrogen) atoms. The number of rotatable bonds is 4. The van der Waals surface area contributed by atoms with Crippen LogP contribution in [0.25, 0.3) is 5.69 Å². The van der Waals surface area contributed by atoms with Gasteiger partial charge in [-0.25, -0.2) is 4.79 Å². The molecule has 7 nitrogen and oxygen atoms in total. The number of nitrogens with zero attached hydrogens (tertiary/aromatic N) is 5. The van der Waals surface area contributed by atoms with E-state index in [4.69, 9.17) is 0 Å². The maximum Gasteiger partial charge on any atom is 0.360 e. The Labute approximate surface area is 163 Å². The minimum Gasteiger partial charge on any atom is -0.476 e. The third-order valence-corrected chi connectivity index (χ3v) is 5.07.